The number of nitrogens with zero attached hydrogens (tertiary/aromatic N) is 1. The molecule has 4 aromatic heterocycles. The molecule has 0 aliphatic rings. The van der Waals surface area contributed by atoms with E-state index >= 15 is 0 Å². The van der Waals surface area contributed by atoms with E-state index in [9.17, 15) is 34.5 Å². The van der Waals surface area contributed by atoms with E-state index < -0.39 is 5.97 Å². The second-order valence-electron chi connectivity index (χ2n) is 20.2. The van der Waals surface area contributed by atoms with E-state index in [-0.39, 0.29) is 68.3 Å². The van der Waals surface area contributed by atoms with Gasteiger partial charge in [0.2, 0.25) is 0 Å². The summed E-state index contributed by atoms with van der Waals surface area (Å²) in [5, 5.41) is 32.4. The zero-order valence-electron chi connectivity index (χ0n) is 55.0. The molecule has 0 fully saturated rings. The van der Waals surface area contributed by atoms with Gasteiger partial charge in [-0.1, -0.05) is 7.43 Å². The summed E-state index contributed by atoms with van der Waals surface area (Å²) in [4.78, 5) is 56.6. The summed E-state index contributed by atoms with van der Waals surface area (Å²) < 4.78 is 54.5. The molecular formula is C74H75LiN2O19. The number of carbonyl (C=O) groups excluding carboxylic acids is 3. The van der Waals surface area contributed by atoms with Crippen molar-refractivity contribution in [2.24, 2.45) is 0 Å². The van der Waals surface area contributed by atoms with Crippen molar-refractivity contribution in [2.75, 3.05) is 71.0 Å². The number of carbonyl (C=O) groups is 4. The van der Waals surface area contributed by atoms with Gasteiger partial charge in [0.25, 0.3) is 5.91 Å². The molecule has 21 nitrogen and oxygen atoms in total. The van der Waals surface area contributed by atoms with Gasteiger partial charge < -0.3 is 73.7 Å². The maximum Gasteiger partial charge on any atom is 1.00 e. The van der Waals surface area contributed by atoms with Gasteiger partial charge in [0.1, 0.15) is 96.9 Å². The third-order valence-electron chi connectivity index (χ3n) is 14.3. The van der Waals surface area contributed by atoms with Crippen LogP contribution in [0.1, 0.15) is 62.7 Å². The van der Waals surface area contributed by atoms with Gasteiger partial charge in [0.15, 0.2) is 11.6 Å². The third-order valence-corrected chi connectivity index (χ3v) is 14.3. The zero-order chi connectivity index (χ0) is 67.0. The Morgan fingerprint density at radius 2 is 0.677 bits per heavy atom. The molecule has 0 unspecified atom stereocenters. The zero-order valence-corrected chi connectivity index (χ0v) is 55.0. The first-order valence-electron chi connectivity index (χ1n) is 28.4. The maximum absolute atomic E-state index is 12.6. The van der Waals surface area contributed by atoms with Crippen molar-refractivity contribution in [3.63, 3.8) is 0 Å². The van der Waals surface area contributed by atoms with Crippen LogP contribution in [0.2, 0.25) is 0 Å². The number of furan rings is 4. The monoisotopic (exact) mass is 1300 g/mol. The molecule has 0 aliphatic heterocycles. The minimum atomic E-state index is -1.06. The first-order chi connectivity index (χ1) is 44.8. The topological polar surface area (TPSA) is 271 Å². The van der Waals surface area contributed by atoms with Crippen molar-refractivity contribution in [3.05, 3.63) is 200 Å². The number of hydrogen-bond acceptors (Lipinski definition) is 19. The summed E-state index contributed by atoms with van der Waals surface area (Å²) in [6.45, 7) is 2.95. The fourth-order valence-corrected chi connectivity index (χ4v) is 9.42. The van der Waals surface area contributed by atoms with Crippen LogP contribution in [0.25, 0.3) is 89.2 Å². The molecule has 1 amide bonds. The predicted molar refractivity (Wildman–Crippen MR) is 365 cm³/mol. The molecule has 496 valence electrons. The van der Waals surface area contributed by atoms with E-state index in [0.717, 1.165) is 55.3 Å². The fraction of sp³-hybridized carbons (Fsp3) is 0.176. The van der Waals surface area contributed by atoms with Gasteiger partial charge in [0, 0.05) is 57.9 Å². The number of ketones is 2. The van der Waals surface area contributed by atoms with Crippen LogP contribution in [0.15, 0.2) is 188 Å². The van der Waals surface area contributed by atoms with E-state index in [1.54, 1.807) is 117 Å². The van der Waals surface area contributed by atoms with E-state index in [0.29, 0.717) is 90.1 Å². The molecule has 12 rings (SSSR count). The molecule has 0 radical (unpaired) electrons. The molecule has 96 heavy (non-hydrogen) atoms. The van der Waals surface area contributed by atoms with Crippen LogP contribution in [0.3, 0.4) is 0 Å². The molecule has 0 atom stereocenters. The normalized spacial score (nSPS) is 10.2. The molecule has 0 aliphatic carbocycles. The van der Waals surface area contributed by atoms with Crippen LogP contribution in [0, 0.1) is 7.43 Å². The van der Waals surface area contributed by atoms with E-state index in [4.69, 9.17) is 50.9 Å². The summed E-state index contributed by atoms with van der Waals surface area (Å²) >= 11 is 0. The van der Waals surface area contributed by atoms with Crippen molar-refractivity contribution in [3.8, 4) is 91.3 Å². The van der Waals surface area contributed by atoms with E-state index in [1.807, 2.05) is 97.1 Å². The number of rotatable bonds is 16. The Hall–Kier alpha value is -10.9. The third kappa shape index (κ3) is 18.1. The minimum absolute atomic E-state index is 0. The number of phenols is 2. The minimum Gasteiger partial charge on any atom is -0.508 e. The summed E-state index contributed by atoms with van der Waals surface area (Å²) in [6, 6.07) is 49.5. The molecule has 4 heterocycles. The number of hydrogen-bond donors (Lipinski definition) is 4. The van der Waals surface area contributed by atoms with Gasteiger partial charge in [-0.05, 0) is 184 Å². The number of ether oxygens (including phenoxy) is 6. The van der Waals surface area contributed by atoms with Crippen LogP contribution in [0.4, 0.5) is 0 Å². The predicted octanol–water partition coefficient (Wildman–Crippen LogP) is 13.5. The Balaban J connectivity index is 0.000000225. The molecule has 0 saturated heterocycles. The van der Waals surface area contributed by atoms with Crippen molar-refractivity contribution < 1.29 is 109 Å². The van der Waals surface area contributed by atoms with Gasteiger partial charge >= 0.3 is 24.8 Å². The Morgan fingerprint density at radius 3 is 0.979 bits per heavy atom. The van der Waals surface area contributed by atoms with Crippen LogP contribution in [-0.4, -0.2) is 115 Å². The second kappa shape index (κ2) is 34.8. The molecule has 4 N–H and O–H groups in total. The summed E-state index contributed by atoms with van der Waals surface area (Å²) in [7, 11) is 15.7. The number of aromatic carboxylic acids is 1. The number of carboxylic acid groups (broad SMARTS) is 1. The van der Waals surface area contributed by atoms with Gasteiger partial charge in [-0.25, -0.2) is 15.3 Å². The first-order valence-corrected chi connectivity index (χ1v) is 28.4. The number of benzene rings is 8. The largest absolute Gasteiger partial charge is 1.00 e. The van der Waals surface area contributed by atoms with Gasteiger partial charge in [-0.2, -0.15) is 0 Å². The number of methoxy groups -OCH3 is 6. The van der Waals surface area contributed by atoms with E-state index in [1.165, 1.54) is 40.2 Å². The maximum atomic E-state index is 12.6. The summed E-state index contributed by atoms with van der Waals surface area (Å²) in [5.41, 5.74) is 9.05. The second-order valence-corrected chi connectivity index (χ2v) is 20.2. The number of hydroxylamine groups is 3. The molecule has 0 bridgehead atoms. The van der Waals surface area contributed by atoms with E-state index in [2.05, 4.69) is 10.3 Å². The number of amides is 1. The Labute approximate surface area is 567 Å². The van der Waals surface area contributed by atoms with Crippen molar-refractivity contribution in [1.29, 1.82) is 0 Å². The van der Waals surface area contributed by atoms with Gasteiger partial charge in [-0.15, -0.1) is 0 Å². The molecule has 0 spiro atoms. The molecular weight excluding hydrogens is 1230 g/mol. The standard InChI is InChI=1S/C19H19NO5.C18H16O4.C17H14O5.C16H12O4.C2H7NO.CH4.CH3.Li/c1-20(24-4)19(21)16-11-15(23-3)9-13-10-17(25-18(13)16)12-5-7-14(22-2)8-6-12;1-11(19)16-10-15(21-3)8-13-9-17(22-18(13)16)12-4-6-14(20-2)7-5-12;1-20-12-5-3-10(4-6-12)15-8-11-7-13(21-2)9-14(17(18)19)16(11)22-15;1-9(17)14-8-13(19)6-11-7-15(20-16(11)14)10-2-4-12(18)5-3-10;1-3-4-2;;;/h5-11H,1-4H3;4-10H,1-3H3;3-9H,1-2H3,(H,18,19);2-8,18-19H,1H3;3H,1-2H3;1H4;1H3;/q;;;;;;-1;+1. The SMILES string of the molecule is C.CC(=O)c1cc(O)cc2cc(-c3ccc(O)cc3)oc12.CNOC.COc1ccc(-c2cc3cc(OC)cc(C(=O)N(C)OC)c3o2)cc1.COc1ccc(-c2cc3cc(OC)cc(C(=O)O)c3o2)cc1.COc1ccc(-c2cc3cc(OC)cc(C(C)=O)c3o2)cc1.[CH3-].[Li+]. The Morgan fingerprint density at radius 1 is 0.396 bits per heavy atom. The average Bonchev–Trinajstić information content (AvgIpc) is 1.66. The summed E-state index contributed by atoms with van der Waals surface area (Å²) in [5.74, 6) is 5.10. The van der Waals surface area contributed by atoms with Crippen LogP contribution < -0.4 is 52.8 Å². The summed E-state index contributed by atoms with van der Waals surface area (Å²) in [6.07, 6.45) is 0. The fourth-order valence-electron chi connectivity index (χ4n) is 9.42. The van der Waals surface area contributed by atoms with Crippen molar-refractivity contribution in [1.82, 2.24) is 10.5 Å². The number of fused-ring (bicyclic) bond motifs is 4. The number of Topliss-reactive ketones (excluding diaryl/α,β-unsaturated/α-hetero) is 2. The van der Waals surface area contributed by atoms with Crippen LogP contribution in [-0.2, 0) is 9.68 Å². The van der Waals surface area contributed by atoms with Crippen LogP contribution in [0.5, 0.6) is 46.0 Å². The molecule has 0 saturated carbocycles. The molecule has 12 aromatic rings. The Kier molecular flexibility index (Phi) is 27.5. The van der Waals surface area contributed by atoms with Gasteiger partial charge in [0.05, 0.1) is 73.6 Å². The Bertz CT molecular complexity index is 4420. The molecule has 22 heteroatoms. The van der Waals surface area contributed by atoms with Gasteiger partial charge in [-0.3, -0.25) is 19.2 Å². The average molecular weight is 1300 g/mol. The van der Waals surface area contributed by atoms with Crippen molar-refractivity contribution in [2.45, 2.75) is 21.3 Å². The number of aromatic hydroxyl groups is 2. The smallest absolute Gasteiger partial charge is 0.508 e. The number of carboxylic acids is 1. The first kappa shape index (κ1) is 75.8. The van der Waals surface area contributed by atoms with Crippen molar-refractivity contribution >= 4 is 67.3 Å². The molecule has 8 aromatic carbocycles. The van der Waals surface area contributed by atoms with Crippen LogP contribution >= 0.6 is 0 Å². The quantitative estimate of drug-likeness (QED) is 0.0303. The number of phenolic OH excluding ortho intramolecular Hbond substituents is 2. The number of nitrogens with one attached hydrogen (secondary N) is 1.